The molecule has 6 nitrogen and oxygen atoms in total. The highest BCUT2D eigenvalue weighted by Gasteiger charge is 2.65. The molecule has 4 aliphatic carbocycles. The summed E-state index contributed by atoms with van der Waals surface area (Å²) in [7, 11) is 0. The number of hydrogen-bond acceptors (Lipinski definition) is 6. The van der Waals surface area contributed by atoms with Crippen LogP contribution < -0.4 is 0 Å². The highest BCUT2D eigenvalue weighted by atomic mass is 16.6. The average molecular weight is 497 g/mol. The molecule has 0 aromatic carbocycles. The number of hydrogen-bond donors (Lipinski definition) is 0. The average Bonchev–Trinajstić information content (AvgIpc) is 3.16. The predicted octanol–water partition coefficient (Wildman–Crippen LogP) is 5.17. The Morgan fingerprint density at radius 1 is 1.03 bits per heavy atom. The van der Waals surface area contributed by atoms with E-state index in [1.807, 2.05) is 0 Å². The van der Waals surface area contributed by atoms with Gasteiger partial charge in [0.25, 0.3) is 0 Å². The zero-order valence-corrected chi connectivity index (χ0v) is 22.1. The highest BCUT2D eigenvalue weighted by Crippen LogP contribution is 2.68. The molecule has 0 aliphatic heterocycles. The minimum absolute atomic E-state index is 0.0117. The van der Waals surface area contributed by atoms with E-state index in [2.05, 4.69) is 33.9 Å². The SMILES string of the molecule is C=CCC(=O)OC1C(=O)C=C2C(C)C[C@H]3[C@@H]4CC[C@H](C(C)=O)[C@@]4(C)CC[C@@H]3[C@@]2(C)C1OC(=O)CC=C. The molecule has 3 fully saturated rings. The van der Waals surface area contributed by atoms with Crippen LogP contribution in [0.15, 0.2) is 37.0 Å². The van der Waals surface area contributed by atoms with Crippen molar-refractivity contribution in [2.45, 2.75) is 84.8 Å². The number of carbonyl (C=O) groups excluding carboxylic acids is 4. The maximum atomic E-state index is 13.3. The third kappa shape index (κ3) is 4.10. The Balaban J connectivity index is 1.77. The van der Waals surface area contributed by atoms with Crippen molar-refractivity contribution in [2.24, 2.45) is 40.4 Å². The summed E-state index contributed by atoms with van der Waals surface area (Å²) in [6.07, 6.45) is 7.13. The summed E-state index contributed by atoms with van der Waals surface area (Å²) in [5, 5.41) is 0. The molecular weight excluding hydrogens is 456 g/mol. The Labute approximate surface area is 214 Å². The van der Waals surface area contributed by atoms with Crippen molar-refractivity contribution in [2.75, 3.05) is 0 Å². The third-order valence-electron chi connectivity index (χ3n) is 10.1. The summed E-state index contributed by atoms with van der Waals surface area (Å²) in [4.78, 5) is 51.1. The first-order chi connectivity index (χ1) is 17.0. The number of ketones is 2. The van der Waals surface area contributed by atoms with E-state index in [9.17, 15) is 19.2 Å². The Bertz CT molecular complexity index is 1010. The van der Waals surface area contributed by atoms with Gasteiger partial charge in [-0.05, 0) is 74.2 Å². The van der Waals surface area contributed by atoms with E-state index >= 15 is 0 Å². The molecule has 3 saturated carbocycles. The number of rotatable bonds is 7. The van der Waals surface area contributed by atoms with Gasteiger partial charge in [0, 0.05) is 11.3 Å². The molecule has 0 radical (unpaired) electrons. The molecule has 0 aromatic rings. The molecule has 4 rings (SSSR count). The molecule has 0 heterocycles. The zero-order valence-electron chi connectivity index (χ0n) is 22.1. The van der Waals surface area contributed by atoms with Crippen LogP contribution in [0.2, 0.25) is 0 Å². The largest absolute Gasteiger partial charge is 0.457 e. The number of ether oxygens (including phenoxy) is 2. The molecule has 9 atom stereocenters. The van der Waals surface area contributed by atoms with Gasteiger partial charge in [0.15, 0.2) is 11.9 Å². The molecule has 6 heteroatoms. The number of esters is 2. The van der Waals surface area contributed by atoms with Crippen LogP contribution in [0.3, 0.4) is 0 Å². The van der Waals surface area contributed by atoms with Crippen molar-refractivity contribution in [3.63, 3.8) is 0 Å². The van der Waals surface area contributed by atoms with Gasteiger partial charge in [0.05, 0.1) is 12.8 Å². The first-order valence-electron chi connectivity index (χ1n) is 13.4. The molecule has 36 heavy (non-hydrogen) atoms. The van der Waals surface area contributed by atoms with Crippen LogP contribution in [0.25, 0.3) is 0 Å². The van der Waals surface area contributed by atoms with Gasteiger partial charge in [0.2, 0.25) is 6.10 Å². The molecule has 0 amide bonds. The van der Waals surface area contributed by atoms with E-state index < -0.39 is 29.6 Å². The summed E-state index contributed by atoms with van der Waals surface area (Å²) in [6, 6.07) is 0. The molecule has 0 spiro atoms. The van der Waals surface area contributed by atoms with Gasteiger partial charge in [-0.25, -0.2) is 0 Å². The van der Waals surface area contributed by atoms with Crippen LogP contribution in [0, 0.1) is 40.4 Å². The minimum atomic E-state index is -1.19. The summed E-state index contributed by atoms with van der Waals surface area (Å²) in [6.45, 7) is 15.5. The van der Waals surface area contributed by atoms with Crippen LogP contribution in [0.5, 0.6) is 0 Å². The summed E-state index contributed by atoms with van der Waals surface area (Å²) in [5.74, 6) is -0.0112. The van der Waals surface area contributed by atoms with E-state index in [0.717, 1.165) is 37.7 Å². The second-order valence-electron chi connectivity index (χ2n) is 11.9. The summed E-state index contributed by atoms with van der Waals surface area (Å²) in [5.41, 5.74) is 0.312. The van der Waals surface area contributed by atoms with Gasteiger partial charge in [-0.1, -0.05) is 38.5 Å². The quantitative estimate of drug-likeness (QED) is 0.357. The molecule has 0 aromatic heterocycles. The van der Waals surface area contributed by atoms with Crippen molar-refractivity contribution >= 4 is 23.5 Å². The predicted molar refractivity (Wildman–Crippen MR) is 136 cm³/mol. The monoisotopic (exact) mass is 496 g/mol. The lowest BCUT2D eigenvalue weighted by atomic mass is 9.44. The smallest absolute Gasteiger partial charge is 0.310 e. The molecule has 0 bridgehead atoms. The van der Waals surface area contributed by atoms with Crippen LogP contribution in [-0.2, 0) is 28.7 Å². The molecule has 3 unspecified atom stereocenters. The van der Waals surface area contributed by atoms with E-state index in [0.29, 0.717) is 11.8 Å². The summed E-state index contributed by atoms with van der Waals surface area (Å²) < 4.78 is 11.7. The van der Waals surface area contributed by atoms with Crippen LogP contribution in [-0.4, -0.2) is 35.7 Å². The first kappa shape index (κ1) is 26.6. The van der Waals surface area contributed by atoms with Crippen LogP contribution >= 0.6 is 0 Å². The van der Waals surface area contributed by atoms with Gasteiger partial charge in [-0.15, -0.1) is 13.2 Å². The molecular formula is C30H40O6. The van der Waals surface area contributed by atoms with Crippen molar-refractivity contribution < 1.29 is 28.7 Å². The van der Waals surface area contributed by atoms with Crippen molar-refractivity contribution in [1.82, 2.24) is 0 Å². The van der Waals surface area contributed by atoms with Crippen molar-refractivity contribution in [3.05, 3.63) is 37.0 Å². The molecule has 0 saturated heterocycles. The second-order valence-corrected chi connectivity index (χ2v) is 11.9. The Kier molecular flexibility index (Phi) is 7.20. The topological polar surface area (TPSA) is 86.7 Å². The van der Waals surface area contributed by atoms with Gasteiger partial charge in [-0.2, -0.15) is 0 Å². The zero-order chi connectivity index (χ0) is 26.4. The van der Waals surface area contributed by atoms with E-state index in [1.165, 1.54) is 12.2 Å². The first-order valence-corrected chi connectivity index (χ1v) is 13.4. The summed E-state index contributed by atoms with van der Waals surface area (Å²) >= 11 is 0. The molecule has 196 valence electrons. The number of carbonyl (C=O) groups is 4. The lowest BCUT2D eigenvalue weighted by molar-refractivity contribution is -0.192. The van der Waals surface area contributed by atoms with Gasteiger partial charge in [-0.3, -0.25) is 19.2 Å². The Morgan fingerprint density at radius 3 is 2.28 bits per heavy atom. The van der Waals surface area contributed by atoms with Gasteiger partial charge in [0.1, 0.15) is 5.78 Å². The van der Waals surface area contributed by atoms with E-state index in [-0.39, 0.29) is 47.6 Å². The molecule has 4 aliphatic rings. The van der Waals surface area contributed by atoms with E-state index in [4.69, 9.17) is 9.47 Å². The van der Waals surface area contributed by atoms with E-state index in [1.54, 1.807) is 13.0 Å². The van der Waals surface area contributed by atoms with Crippen molar-refractivity contribution in [3.8, 4) is 0 Å². The minimum Gasteiger partial charge on any atom is -0.457 e. The normalized spacial score (nSPS) is 41.2. The number of Topliss-reactive ketones (excluding diaryl/α,β-unsaturated/α-hetero) is 1. The Hall–Kier alpha value is -2.50. The lowest BCUT2D eigenvalue weighted by Crippen LogP contribution is -2.62. The van der Waals surface area contributed by atoms with Crippen LogP contribution in [0.4, 0.5) is 0 Å². The fourth-order valence-electron chi connectivity index (χ4n) is 8.60. The third-order valence-corrected chi connectivity index (χ3v) is 10.1. The lowest BCUT2D eigenvalue weighted by Gasteiger charge is -2.61. The maximum absolute atomic E-state index is 13.3. The molecule has 0 N–H and O–H groups in total. The number of fused-ring (bicyclic) bond motifs is 5. The van der Waals surface area contributed by atoms with Crippen molar-refractivity contribution in [1.29, 1.82) is 0 Å². The Morgan fingerprint density at radius 2 is 1.67 bits per heavy atom. The highest BCUT2D eigenvalue weighted by molar-refractivity contribution is 5.98. The van der Waals surface area contributed by atoms with Gasteiger partial charge >= 0.3 is 11.9 Å². The van der Waals surface area contributed by atoms with Crippen LogP contribution in [0.1, 0.15) is 72.6 Å². The van der Waals surface area contributed by atoms with Gasteiger partial charge < -0.3 is 9.47 Å². The standard InChI is InChI=1S/C30H40O6/c1-7-9-25(33)35-27-24(32)16-23-17(3)15-19-21-12-11-20(18(4)31)29(21,5)14-13-22(19)30(23,6)28(27)36-26(34)10-8-2/h7-8,16-17,19-22,27-28H,1-2,9-15H2,3-6H3/t17?,19-,20+,21-,22-,27?,28?,29+,30+/m0/s1. The fourth-order valence-corrected chi connectivity index (χ4v) is 8.60. The second kappa shape index (κ2) is 9.75. The fraction of sp³-hybridized carbons (Fsp3) is 0.667. The maximum Gasteiger partial charge on any atom is 0.310 e.